The van der Waals surface area contributed by atoms with Gasteiger partial charge >= 0.3 is 5.97 Å². The second kappa shape index (κ2) is 6.98. The number of benzene rings is 1. The standard InChI is InChI=1S/C12H11BrClNO3S/c1-6(16)10(12(17)18)11(19-2)15-9-5-7(14)3-4-8(9)13/h3-5,15H,1-2H3,(H,17,18)/b11-10-. The number of carboxylic acid groups (broad SMARTS) is 1. The molecule has 0 atom stereocenters. The number of halogens is 2. The fourth-order valence-corrected chi connectivity index (χ4v) is 2.50. The molecule has 0 spiro atoms. The van der Waals surface area contributed by atoms with Crippen molar-refractivity contribution in [1.29, 1.82) is 0 Å². The molecule has 0 bridgehead atoms. The average Bonchev–Trinajstić information content (AvgIpc) is 2.31. The van der Waals surface area contributed by atoms with E-state index in [1.165, 1.54) is 6.92 Å². The first-order chi connectivity index (χ1) is 8.86. The second-order valence-corrected chi connectivity index (χ2v) is 5.63. The number of carbonyl (C=O) groups is 2. The molecular formula is C12H11BrClNO3S. The average molecular weight is 365 g/mol. The lowest BCUT2D eigenvalue weighted by Gasteiger charge is -2.13. The van der Waals surface area contributed by atoms with Crippen molar-refractivity contribution in [3.05, 3.63) is 38.3 Å². The van der Waals surface area contributed by atoms with Gasteiger partial charge in [0.1, 0.15) is 5.57 Å². The molecule has 7 heteroatoms. The van der Waals surface area contributed by atoms with Crippen LogP contribution in [0.1, 0.15) is 6.92 Å². The van der Waals surface area contributed by atoms with Crippen LogP contribution in [0.25, 0.3) is 0 Å². The third-order valence-electron chi connectivity index (χ3n) is 2.17. The first-order valence-electron chi connectivity index (χ1n) is 5.11. The minimum atomic E-state index is -1.26. The topological polar surface area (TPSA) is 66.4 Å². The van der Waals surface area contributed by atoms with E-state index in [9.17, 15) is 9.59 Å². The lowest BCUT2D eigenvalue weighted by atomic mass is 10.2. The molecule has 0 amide bonds. The number of rotatable bonds is 5. The third-order valence-corrected chi connectivity index (χ3v) is 3.81. The summed E-state index contributed by atoms with van der Waals surface area (Å²) in [6, 6.07) is 5.07. The minimum Gasteiger partial charge on any atom is -0.477 e. The van der Waals surface area contributed by atoms with Crippen LogP contribution in [-0.4, -0.2) is 23.1 Å². The van der Waals surface area contributed by atoms with Crippen molar-refractivity contribution in [3.8, 4) is 0 Å². The van der Waals surface area contributed by atoms with E-state index < -0.39 is 11.8 Å². The zero-order valence-electron chi connectivity index (χ0n) is 10.2. The largest absolute Gasteiger partial charge is 0.477 e. The maximum absolute atomic E-state index is 11.4. The van der Waals surface area contributed by atoms with Crippen LogP contribution in [-0.2, 0) is 9.59 Å². The zero-order chi connectivity index (χ0) is 14.6. The highest BCUT2D eigenvalue weighted by Gasteiger charge is 2.19. The SMILES string of the molecule is CS/C(Nc1cc(Cl)ccc1Br)=C(/C(C)=O)C(=O)O. The molecule has 0 radical (unpaired) electrons. The molecule has 0 aromatic heterocycles. The number of carboxylic acids is 1. The van der Waals surface area contributed by atoms with Gasteiger partial charge in [-0.3, -0.25) is 4.79 Å². The van der Waals surface area contributed by atoms with Crippen LogP contribution in [0, 0.1) is 0 Å². The van der Waals surface area contributed by atoms with Gasteiger partial charge in [0.15, 0.2) is 5.78 Å². The Morgan fingerprint density at radius 2 is 2.05 bits per heavy atom. The van der Waals surface area contributed by atoms with E-state index in [1.54, 1.807) is 24.5 Å². The summed E-state index contributed by atoms with van der Waals surface area (Å²) in [5, 5.41) is 12.8. The zero-order valence-corrected chi connectivity index (χ0v) is 13.3. The quantitative estimate of drug-likeness (QED) is 0.473. The Balaban J connectivity index is 3.25. The molecule has 0 aliphatic carbocycles. The fourth-order valence-electron chi connectivity index (χ4n) is 1.34. The van der Waals surface area contributed by atoms with Gasteiger partial charge in [-0.05, 0) is 47.3 Å². The van der Waals surface area contributed by atoms with Crippen molar-refractivity contribution >= 4 is 56.7 Å². The second-order valence-electron chi connectivity index (χ2n) is 3.52. The third kappa shape index (κ3) is 4.26. The Labute approximate surface area is 128 Å². The molecule has 4 nitrogen and oxygen atoms in total. The number of anilines is 1. The van der Waals surface area contributed by atoms with Crippen LogP contribution in [0.4, 0.5) is 5.69 Å². The van der Waals surface area contributed by atoms with Crippen LogP contribution >= 0.6 is 39.3 Å². The minimum absolute atomic E-state index is 0.267. The van der Waals surface area contributed by atoms with Gasteiger partial charge < -0.3 is 10.4 Å². The van der Waals surface area contributed by atoms with E-state index in [0.717, 1.165) is 16.2 Å². The molecule has 0 aliphatic heterocycles. The smallest absolute Gasteiger partial charge is 0.342 e. The van der Waals surface area contributed by atoms with Crippen molar-refractivity contribution in [2.45, 2.75) is 6.92 Å². The van der Waals surface area contributed by atoms with Gasteiger partial charge in [0.05, 0.1) is 10.7 Å². The van der Waals surface area contributed by atoms with Crippen LogP contribution in [0.3, 0.4) is 0 Å². The summed E-state index contributed by atoms with van der Waals surface area (Å²) in [7, 11) is 0. The van der Waals surface area contributed by atoms with Gasteiger partial charge in [0, 0.05) is 9.50 Å². The Morgan fingerprint density at radius 1 is 1.42 bits per heavy atom. The van der Waals surface area contributed by atoms with Gasteiger partial charge in [0.25, 0.3) is 0 Å². The molecule has 0 saturated heterocycles. The van der Waals surface area contributed by atoms with Crippen molar-refractivity contribution < 1.29 is 14.7 Å². The highest BCUT2D eigenvalue weighted by atomic mass is 79.9. The van der Waals surface area contributed by atoms with E-state index >= 15 is 0 Å². The summed E-state index contributed by atoms with van der Waals surface area (Å²) >= 11 is 10.4. The lowest BCUT2D eigenvalue weighted by molar-refractivity contribution is -0.134. The number of hydrogen-bond acceptors (Lipinski definition) is 4. The highest BCUT2D eigenvalue weighted by molar-refractivity contribution is 9.10. The number of thioether (sulfide) groups is 1. The molecule has 102 valence electrons. The summed E-state index contributed by atoms with van der Waals surface area (Å²) in [5.74, 6) is -1.77. The Bertz CT molecular complexity index is 544. The number of nitrogens with one attached hydrogen (secondary N) is 1. The Hall–Kier alpha value is -0.980. The maximum atomic E-state index is 11.4. The molecule has 1 aromatic rings. The normalized spacial score (nSPS) is 11.8. The number of hydrogen-bond donors (Lipinski definition) is 2. The van der Waals surface area contributed by atoms with E-state index in [0.29, 0.717) is 10.7 Å². The van der Waals surface area contributed by atoms with Crippen molar-refractivity contribution in [2.75, 3.05) is 11.6 Å². The molecule has 0 heterocycles. The van der Waals surface area contributed by atoms with Gasteiger partial charge in [0.2, 0.25) is 0 Å². The van der Waals surface area contributed by atoms with Crippen molar-refractivity contribution in [3.63, 3.8) is 0 Å². The summed E-state index contributed by atoms with van der Waals surface area (Å²) < 4.78 is 0.719. The van der Waals surface area contributed by atoms with Gasteiger partial charge in [-0.25, -0.2) is 4.79 Å². The Morgan fingerprint density at radius 3 is 2.53 bits per heavy atom. The molecule has 19 heavy (non-hydrogen) atoms. The van der Waals surface area contributed by atoms with E-state index in [4.69, 9.17) is 16.7 Å². The van der Waals surface area contributed by atoms with E-state index in [-0.39, 0.29) is 10.6 Å². The lowest BCUT2D eigenvalue weighted by Crippen LogP contribution is -2.15. The van der Waals surface area contributed by atoms with Crippen LogP contribution < -0.4 is 5.32 Å². The Kier molecular flexibility index (Phi) is 5.90. The first-order valence-corrected chi connectivity index (χ1v) is 7.51. The number of carbonyl (C=O) groups excluding carboxylic acids is 1. The number of aliphatic carboxylic acids is 1. The maximum Gasteiger partial charge on any atom is 0.342 e. The molecule has 0 aliphatic rings. The molecule has 0 saturated carbocycles. The number of ketones is 1. The number of Topliss-reactive ketones (excluding diaryl/α,β-unsaturated/α-hetero) is 1. The van der Waals surface area contributed by atoms with Crippen LogP contribution in [0.15, 0.2) is 33.3 Å². The molecule has 0 unspecified atom stereocenters. The molecule has 1 aromatic carbocycles. The predicted molar refractivity (Wildman–Crippen MR) is 81.6 cm³/mol. The fraction of sp³-hybridized carbons (Fsp3) is 0.167. The first kappa shape index (κ1) is 16.1. The molecule has 2 N–H and O–H groups in total. The summed E-state index contributed by atoms with van der Waals surface area (Å²) in [6.45, 7) is 1.22. The van der Waals surface area contributed by atoms with Gasteiger partial charge in [-0.1, -0.05) is 11.6 Å². The van der Waals surface area contributed by atoms with Crippen molar-refractivity contribution in [2.24, 2.45) is 0 Å². The molecular weight excluding hydrogens is 354 g/mol. The predicted octanol–water partition coefficient (Wildman–Crippen LogP) is 3.76. The molecule has 1 rings (SSSR count). The summed E-state index contributed by atoms with van der Waals surface area (Å²) in [5.41, 5.74) is 0.316. The van der Waals surface area contributed by atoms with Gasteiger partial charge in [-0.15, -0.1) is 11.8 Å². The van der Waals surface area contributed by atoms with E-state index in [2.05, 4.69) is 21.2 Å². The molecule has 0 fully saturated rings. The van der Waals surface area contributed by atoms with Crippen LogP contribution in [0.5, 0.6) is 0 Å². The summed E-state index contributed by atoms with van der Waals surface area (Å²) in [4.78, 5) is 22.5. The van der Waals surface area contributed by atoms with Gasteiger partial charge in [-0.2, -0.15) is 0 Å². The van der Waals surface area contributed by atoms with E-state index in [1.807, 2.05) is 0 Å². The monoisotopic (exact) mass is 363 g/mol. The van der Waals surface area contributed by atoms with Crippen LogP contribution in [0.2, 0.25) is 5.02 Å². The van der Waals surface area contributed by atoms with Crippen molar-refractivity contribution in [1.82, 2.24) is 0 Å². The highest BCUT2D eigenvalue weighted by Crippen LogP contribution is 2.30. The summed E-state index contributed by atoms with van der Waals surface area (Å²) in [6.07, 6.45) is 1.69.